The van der Waals surface area contributed by atoms with Crippen LogP contribution in [-0.4, -0.2) is 18.4 Å². The molecule has 0 atom stereocenters. The van der Waals surface area contributed by atoms with Crippen molar-refractivity contribution in [3.8, 4) is 5.75 Å². The van der Waals surface area contributed by atoms with Crippen molar-refractivity contribution >= 4 is 34.8 Å². The molecular weight excluding hydrogens is 340 g/mol. The number of aryl methyl sites for hydroxylation is 1. The molecule has 2 rings (SSSR count). The number of carbonyl (C=O) groups excluding carboxylic acids is 2. The van der Waals surface area contributed by atoms with Crippen LogP contribution in [0.3, 0.4) is 0 Å². The zero-order valence-electron chi connectivity index (χ0n) is 14.3. The first-order chi connectivity index (χ1) is 12.0. The highest BCUT2D eigenvalue weighted by Crippen LogP contribution is 2.22. The molecule has 25 heavy (non-hydrogen) atoms. The van der Waals surface area contributed by atoms with E-state index >= 15 is 0 Å². The fourth-order valence-corrected chi connectivity index (χ4v) is 2.41. The van der Waals surface area contributed by atoms with E-state index in [9.17, 15) is 9.59 Å². The second kappa shape index (κ2) is 9.08. The van der Waals surface area contributed by atoms with Gasteiger partial charge in [0.2, 0.25) is 11.8 Å². The lowest BCUT2D eigenvalue weighted by Crippen LogP contribution is -2.16. The normalized spacial score (nSPS) is 10.2. The fourth-order valence-electron chi connectivity index (χ4n) is 2.29. The van der Waals surface area contributed by atoms with Gasteiger partial charge in [0, 0.05) is 23.3 Å². The maximum absolute atomic E-state index is 12.2. The second-order valence-electron chi connectivity index (χ2n) is 5.51. The predicted octanol–water partition coefficient (Wildman–Crippen LogP) is 4.27. The molecule has 6 heteroatoms. The monoisotopic (exact) mass is 360 g/mol. The quantitative estimate of drug-likeness (QED) is 0.774. The molecule has 0 aromatic heterocycles. The first-order valence-corrected chi connectivity index (χ1v) is 8.44. The third-order valence-electron chi connectivity index (χ3n) is 3.50. The number of amides is 2. The number of ether oxygens (including phenoxy) is 1. The number of benzene rings is 2. The average Bonchev–Trinajstić information content (AvgIpc) is 2.56. The minimum Gasteiger partial charge on any atom is -0.493 e. The van der Waals surface area contributed by atoms with E-state index in [1.54, 1.807) is 30.3 Å². The fraction of sp³-hybridized carbons (Fsp3) is 0.263. The Labute approximate surface area is 152 Å². The zero-order valence-corrected chi connectivity index (χ0v) is 15.0. The number of rotatable bonds is 7. The van der Waals surface area contributed by atoms with Crippen molar-refractivity contribution in [3.63, 3.8) is 0 Å². The average molecular weight is 361 g/mol. The van der Waals surface area contributed by atoms with Crippen LogP contribution in [0, 0.1) is 0 Å². The van der Waals surface area contributed by atoms with E-state index in [0.29, 0.717) is 22.1 Å². The van der Waals surface area contributed by atoms with Crippen LogP contribution in [0.15, 0.2) is 42.5 Å². The van der Waals surface area contributed by atoms with Gasteiger partial charge >= 0.3 is 0 Å². The Kier molecular flexibility index (Phi) is 6.83. The van der Waals surface area contributed by atoms with Crippen LogP contribution in [0.1, 0.15) is 25.8 Å². The molecule has 0 aliphatic carbocycles. The van der Waals surface area contributed by atoms with Gasteiger partial charge in [0.15, 0.2) is 0 Å². The summed E-state index contributed by atoms with van der Waals surface area (Å²) >= 11 is 5.81. The highest BCUT2D eigenvalue weighted by Gasteiger charge is 2.08. The number of hydrogen-bond donors (Lipinski definition) is 2. The molecule has 0 unspecified atom stereocenters. The van der Waals surface area contributed by atoms with Crippen molar-refractivity contribution in [3.05, 3.63) is 53.1 Å². The van der Waals surface area contributed by atoms with E-state index in [4.69, 9.17) is 16.3 Å². The summed E-state index contributed by atoms with van der Waals surface area (Å²) in [5.41, 5.74) is 2.35. The number of halogens is 1. The molecule has 132 valence electrons. The third-order valence-corrected chi connectivity index (χ3v) is 3.75. The van der Waals surface area contributed by atoms with Gasteiger partial charge in [-0.25, -0.2) is 0 Å². The highest BCUT2D eigenvalue weighted by atomic mass is 35.5. The molecule has 0 bridgehead atoms. The molecule has 0 saturated heterocycles. The number of hydrogen-bond acceptors (Lipinski definition) is 3. The lowest BCUT2D eigenvalue weighted by atomic mass is 10.1. The van der Waals surface area contributed by atoms with Gasteiger partial charge in [0.25, 0.3) is 0 Å². The zero-order chi connectivity index (χ0) is 18.2. The summed E-state index contributed by atoms with van der Waals surface area (Å²) in [5.74, 6) is 0.362. The Morgan fingerprint density at radius 2 is 1.80 bits per heavy atom. The summed E-state index contributed by atoms with van der Waals surface area (Å²) in [5, 5.41) is 6.23. The van der Waals surface area contributed by atoms with Crippen molar-refractivity contribution in [2.45, 2.75) is 26.7 Å². The van der Waals surface area contributed by atoms with Gasteiger partial charge in [0.1, 0.15) is 5.75 Å². The SMILES string of the molecule is CCc1ccc(NC(C)=O)cc1NC(=O)CCOc1ccc(Cl)cc1. The largest absolute Gasteiger partial charge is 0.493 e. The van der Waals surface area contributed by atoms with Gasteiger partial charge in [0.05, 0.1) is 13.0 Å². The van der Waals surface area contributed by atoms with Crippen molar-refractivity contribution in [2.24, 2.45) is 0 Å². The van der Waals surface area contributed by atoms with Crippen LogP contribution >= 0.6 is 11.6 Å². The van der Waals surface area contributed by atoms with Crippen molar-refractivity contribution in [1.29, 1.82) is 0 Å². The van der Waals surface area contributed by atoms with Crippen LogP contribution in [0.25, 0.3) is 0 Å². The lowest BCUT2D eigenvalue weighted by Gasteiger charge is -2.13. The molecule has 2 aromatic carbocycles. The Bertz CT molecular complexity index is 745. The molecule has 0 aliphatic heterocycles. The summed E-state index contributed by atoms with van der Waals surface area (Å²) in [4.78, 5) is 23.3. The van der Waals surface area contributed by atoms with E-state index in [0.717, 1.165) is 12.0 Å². The molecule has 0 spiro atoms. The van der Waals surface area contributed by atoms with Crippen molar-refractivity contribution in [1.82, 2.24) is 0 Å². The first-order valence-electron chi connectivity index (χ1n) is 8.06. The molecule has 0 aliphatic rings. The summed E-state index contributed by atoms with van der Waals surface area (Å²) in [6.07, 6.45) is 0.993. The van der Waals surface area contributed by atoms with E-state index in [1.807, 2.05) is 19.1 Å². The standard InChI is InChI=1S/C19H21ClN2O3/c1-3-14-4-7-16(21-13(2)23)12-18(14)22-19(24)10-11-25-17-8-5-15(20)6-9-17/h4-9,12H,3,10-11H2,1-2H3,(H,21,23)(H,22,24). The number of anilines is 2. The Balaban J connectivity index is 1.92. The molecule has 2 N–H and O–H groups in total. The maximum Gasteiger partial charge on any atom is 0.227 e. The molecule has 0 saturated carbocycles. The molecule has 2 aromatic rings. The molecule has 0 heterocycles. The van der Waals surface area contributed by atoms with Gasteiger partial charge in [-0.3, -0.25) is 9.59 Å². The van der Waals surface area contributed by atoms with Gasteiger partial charge in [-0.1, -0.05) is 24.6 Å². The molecule has 2 amide bonds. The Hall–Kier alpha value is -2.53. The smallest absolute Gasteiger partial charge is 0.227 e. The minimum absolute atomic E-state index is 0.149. The Morgan fingerprint density at radius 1 is 1.08 bits per heavy atom. The van der Waals surface area contributed by atoms with Crippen LogP contribution in [0.5, 0.6) is 5.75 Å². The molecule has 5 nitrogen and oxygen atoms in total. The third kappa shape index (κ3) is 6.12. The van der Waals surface area contributed by atoms with E-state index in [2.05, 4.69) is 10.6 Å². The molecular formula is C19H21ClN2O3. The molecule has 0 fully saturated rings. The first kappa shape index (κ1) is 18.8. The summed E-state index contributed by atoms with van der Waals surface area (Å²) < 4.78 is 5.53. The maximum atomic E-state index is 12.2. The lowest BCUT2D eigenvalue weighted by molar-refractivity contribution is -0.116. The van der Waals surface area contributed by atoms with Crippen molar-refractivity contribution < 1.29 is 14.3 Å². The van der Waals surface area contributed by atoms with Gasteiger partial charge in [-0.2, -0.15) is 0 Å². The predicted molar refractivity (Wildman–Crippen MR) is 100 cm³/mol. The second-order valence-corrected chi connectivity index (χ2v) is 5.94. The Morgan fingerprint density at radius 3 is 2.44 bits per heavy atom. The van der Waals surface area contributed by atoms with E-state index in [-0.39, 0.29) is 24.8 Å². The van der Waals surface area contributed by atoms with E-state index in [1.165, 1.54) is 6.92 Å². The molecule has 0 radical (unpaired) electrons. The summed E-state index contributed by atoms with van der Waals surface area (Å²) in [7, 11) is 0. The van der Waals surface area contributed by atoms with Gasteiger partial charge in [-0.15, -0.1) is 0 Å². The van der Waals surface area contributed by atoms with Crippen LogP contribution in [-0.2, 0) is 16.0 Å². The topological polar surface area (TPSA) is 67.4 Å². The van der Waals surface area contributed by atoms with Gasteiger partial charge in [-0.05, 0) is 48.4 Å². The minimum atomic E-state index is -0.155. The van der Waals surface area contributed by atoms with Crippen LogP contribution in [0.4, 0.5) is 11.4 Å². The number of nitrogens with one attached hydrogen (secondary N) is 2. The van der Waals surface area contributed by atoms with Crippen LogP contribution in [0.2, 0.25) is 5.02 Å². The van der Waals surface area contributed by atoms with Gasteiger partial charge < -0.3 is 15.4 Å². The summed E-state index contributed by atoms with van der Waals surface area (Å²) in [6, 6.07) is 12.5. The van der Waals surface area contributed by atoms with Crippen LogP contribution < -0.4 is 15.4 Å². The highest BCUT2D eigenvalue weighted by molar-refractivity contribution is 6.30. The van der Waals surface area contributed by atoms with E-state index < -0.39 is 0 Å². The summed E-state index contributed by atoms with van der Waals surface area (Å²) in [6.45, 7) is 3.72. The van der Waals surface area contributed by atoms with Crippen molar-refractivity contribution in [2.75, 3.05) is 17.2 Å². The number of carbonyl (C=O) groups is 2.